The van der Waals surface area contributed by atoms with Crippen LogP contribution in [0, 0.1) is 0 Å². The van der Waals surface area contributed by atoms with Crippen LogP contribution in [0.1, 0.15) is 194 Å². The Morgan fingerprint density at radius 2 is 1.00 bits per heavy atom. The number of ether oxygens (including phenoxy) is 4. The van der Waals surface area contributed by atoms with Gasteiger partial charge in [-0.25, -0.2) is 0 Å². The van der Waals surface area contributed by atoms with Crippen LogP contribution >= 0.6 is 0 Å². The molecule has 376 valence electrons. The lowest BCUT2D eigenvalue weighted by molar-refractivity contribution is -0.359. The largest absolute Gasteiger partial charge is 0.394 e. The van der Waals surface area contributed by atoms with Gasteiger partial charge in [-0.2, -0.15) is 0 Å². The molecule has 2 aliphatic heterocycles. The molecule has 14 heteroatoms. The van der Waals surface area contributed by atoms with E-state index in [1.807, 2.05) is 6.08 Å². The molecule has 0 spiro atoms. The Labute approximate surface area is 386 Å². The maximum Gasteiger partial charge on any atom is 0.220 e. The molecule has 12 atom stereocenters. The molecule has 9 N–H and O–H groups in total. The van der Waals surface area contributed by atoms with Crippen molar-refractivity contribution in [3.05, 3.63) is 24.3 Å². The van der Waals surface area contributed by atoms with Gasteiger partial charge in [0.1, 0.15) is 48.8 Å². The van der Waals surface area contributed by atoms with Crippen LogP contribution in [0.4, 0.5) is 0 Å². The minimum absolute atomic E-state index is 0.256. The molecule has 2 saturated heterocycles. The molecule has 0 aromatic heterocycles. The van der Waals surface area contributed by atoms with Gasteiger partial charge in [0, 0.05) is 6.42 Å². The lowest BCUT2D eigenvalue weighted by Crippen LogP contribution is -2.65. The van der Waals surface area contributed by atoms with Gasteiger partial charge < -0.3 is 65.1 Å². The number of nitrogens with one attached hydrogen (secondary N) is 1. The van der Waals surface area contributed by atoms with Crippen LogP contribution in [0.15, 0.2) is 24.3 Å². The Balaban J connectivity index is 1.77. The average Bonchev–Trinajstić information content (AvgIpc) is 3.29. The summed E-state index contributed by atoms with van der Waals surface area (Å²) in [6, 6.07) is -0.924. The number of aliphatic hydroxyl groups excluding tert-OH is 8. The molecule has 2 rings (SSSR count). The van der Waals surface area contributed by atoms with Gasteiger partial charge in [0.25, 0.3) is 0 Å². The Morgan fingerprint density at radius 1 is 0.547 bits per heavy atom. The smallest absolute Gasteiger partial charge is 0.220 e. The van der Waals surface area contributed by atoms with Gasteiger partial charge in [-0.1, -0.05) is 179 Å². The van der Waals surface area contributed by atoms with Crippen molar-refractivity contribution in [3.8, 4) is 0 Å². The first-order chi connectivity index (χ1) is 31.1. The molecule has 0 bridgehead atoms. The van der Waals surface area contributed by atoms with E-state index in [-0.39, 0.29) is 18.9 Å². The van der Waals surface area contributed by atoms with E-state index in [0.29, 0.717) is 12.8 Å². The molecular weight excluding hydrogens is 823 g/mol. The second-order valence-corrected chi connectivity index (χ2v) is 18.3. The molecule has 0 aromatic carbocycles. The molecule has 2 aliphatic rings. The van der Waals surface area contributed by atoms with E-state index in [1.165, 1.54) is 122 Å². The van der Waals surface area contributed by atoms with Crippen molar-refractivity contribution in [2.24, 2.45) is 0 Å². The number of allylic oxidation sites excluding steroid dienone is 3. The molecule has 14 nitrogen and oxygen atoms in total. The zero-order valence-electron chi connectivity index (χ0n) is 39.8. The summed E-state index contributed by atoms with van der Waals surface area (Å²) in [5, 5.41) is 86.4. The zero-order valence-corrected chi connectivity index (χ0v) is 39.8. The predicted octanol–water partition coefficient (Wildman–Crippen LogP) is 6.55. The fourth-order valence-electron chi connectivity index (χ4n) is 8.42. The Bertz CT molecular complexity index is 1170. The molecule has 2 heterocycles. The van der Waals surface area contributed by atoms with Crippen molar-refractivity contribution in [1.82, 2.24) is 5.32 Å². The van der Waals surface area contributed by atoms with Crippen molar-refractivity contribution in [1.29, 1.82) is 0 Å². The highest BCUT2D eigenvalue weighted by Gasteiger charge is 2.51. The van der Waals surface area contributed by atoms with E-state index in [0.717, 1.165) is 38.5 Å². The maximum absolute atomic E-state index is 13.0. The standard InChI is InChI=1S/C50H93NO13/c1-3-5-7-9-11-12-13-14-15-16-17-18-19-20-21-22-23-24-25-26-28-29-31-33-39(54)38(51-42(55)34-32-30-27-10-8-6-4-2)37-61-49-47(60)45(58)48(41(36-53)63-49)64-50-46(59)44(57)43(56)40(35-52)62-50/h25-26,31,33,38-41,43-50,52-54,56-60H,3-24,27-30,32,34-37H2,1-2H3,(H,51,55)/b26-25+,33-31+. The molecule has 1 amide bonds. The molecule has 64 heavy (non-hydrogen) atoms. The third kappa shape index (κ3) is 24.5. The SMILES string of the molecule is CCCCCCCCCCCCCCCCCCC/C=C/CC/C=C/C(O)C(COC1OC(CO)C(OC2OC(CO)C(O)C(O)C2O)C(O)C1O)NC(=O)CCCCCCCCC. The van der Waals surface area contributed by atoms with Crippen molar-refractivity contribution in [2.45, 2.75) is 267 Å². The quantitative estimate of drug-likeness (QED) is 0.0236. The van der Waals surface area contributed by atoms with Crippen LogP contribution in [0.25, 0.3) is 0 Å². The molecule has 0 radical (unpaired) electrons. The van der Waals surface area contributed by atoms with Crippen LogP contribution in [0.3, 0.4) is 0 Å². The van der Waals surface area contributed by atoms with Gasteiger partial charge in [-0.3, -0.25) is 4.79 Å². The van der Waals surface area contributed by atoms with Gasteiger partial charge in [-0.15, -0.1) is 0 Å². The van der Waals surface area contributed by atoms with E-state index in [9.17, 15) is 45.6 Å². The number of carbonyl (C=O) groups excluding carboxylic acids is 1. The summed E-state index contributed by atoms with van der Waals surface area (Å²) in [5.74, 6) is -0.256. The molecule has 0 saturated carbocycles. The highest BCUT2D eigenvalue weighted by Crippen LogP contribution is 2.30. The number of amides is 1. The first kappa shape index (κ1) is 58.6. The number of hydrogen-bond donors (Lipinski definition) is 9. The van der Waals surface area contributed by atoms with Crippen LogP contribution in [0.5, 0.6) is 0 Å². The van der Waals surface area contributed by atoms with Gasteiger partial charge in [0.05, 0.1) is 32.0 Å². The second kappa shape index (κ2) is 37.5. The maximum atomic E-state index is 13.0. The van der Waals surface area contributed by atoms with Crippen molar-refractivity contribution >= 4 is 5.91 Å². The van der Waals surface area contributed by atoms with Gasteiger partial charge in [-0.05, 0) is 32.1 Å². The van der Waals surface area contributed by atoms with Crippen LogP contribution < -0.4 is 5.32 Å². The number of rotatable bonds is 39. The van der Waals surface area contributed by atoms with E-state index >= 15 is 0 Å². The molecule has 0 aliphatic carbocycles. The zero-order chi connectivity index (χ0) is 46.8. The number of aliphatic hydroxyl groups is 8. The van der Waals surface area contributed by atoms with Crippen molar-refractivity contribution < 1.29 is 64.6 Å². The lowest BCUT2D eigenvalue weighted by atomic mass is 9.97. The topological polar surface area (TPSA) is 228 Å². The summed E-state index contributed by atoms with van der Waals surface area (Å²) in [4.78, 5) is 13.0. The highest BCUT2D eigenvalue weighted by molar-refractivity contribution is 5.76. The summed E-state index contributed by atoms with van der Waals surface area (Å²) in [6.45, 7) is 2.71. The van der Waals surface area contributed by atoms with E-state index in [4.69, 9.17) is 18.9 Å². The summed E-state index contributed by atoms with van der Waals surface area (Å²) < 4.78 is 22.6. The summed E-state index contributed by atoms with van der Waals surface area (Å²) in [5.41, 5.74) is 0. The van der Waals surface area contributed by atoms with E-state index in [1.54, 1.807) is 6.08 Å². The first-order valence-electron chi connectivity index (χ1n) is 25.6. The van der Waals surface area contributed by atoms with Crippen molar-refractivity contribution in [2.75, 3.05) is 19.8 Å². The number of unbranched alkanes of at least 4 members (excludes halogenated alkanes) is 24. The van der Waals surface area contributed by atoms with Crippen molar-refractivity contribution in [3.63, 3.8) is 0 Å². The molecule has 12 unspecified atom stereocenters. The molecular formula is C50H93NO13. The van der Waals surface area contributed by atoms with Crippen LogP contribution in [-0.2, 0) is 23.7 Å². The Morgan fingerprint density at radius 3 is 1.53 bits per heavy atom. The van der Waals surface area contributed by atoms with Crippen LogP contribution in [0.2, 0.25) is 0 Å². The highest BCUT2D eigenvalue weighted by atomic mass is 16.7. The Kier molecular flexibility index (Phi) is 34.3. The Hall–Kier alpha value is -1.53. The number of carbonyl (C=O) groups is 1. The predicted molar refractivity (Wildman–Crippen MR) is 249 cm³/mol. The van der Waals surface area contributed by atoms with E-state index in [2.05, 4.69) is 31.3 Å². The summed E-state index contributed by atoms with van der Waals surface area (Å²) >= 11 is 0. The van der Waals surface area contributed by atoms with Gasteiger partial charge >= 0.3 is 0 Å². The van der Waals surface area contributed by atoms with Gasteiger partial charge in [0.15, 0.2) is 12.6 Å². The van der Waals surface area contributed by atoms with Gasteiger partial charge in [0.2, 0.25) is 5.91 Å². The third-order valence-corrected chi connectivity index (χ3v) is 12.6. The summed E-state index contributed by atoms with van der Waals surface area (Å²) in [7, 11) is 0. The molecule has 2 fully saturated rings. The fraction of sp³-hybridized carbons (Fsp3) is 0.900. The number of hydrogen-bond acceptors (Lipinski definition) is 13. The lowest BCUT2D eigenvalue weighted by Gasteiger charge is -2.46. The molecule has 0 aromatic rings. The average molecular weight is 916 g/mol. The van der Waals surface area contributed by atoms with E-state index < -0.39 is 86.8 Å². The minimum Gasteiger partial charge on any atom is -0.394 e. The second-order valence-electron chi connectivity index (χ2n) is 18.3. The normalized spacial score (nSPS) is 27.4. The monoisotopic (exact) mass is 916 g/mol. The fourth-order valence-corrected chi connectivity index (χ4v) is 8.42. The first-order valence-corrected chi connectivity index (χ1v) is 25.6. The minimum atomic E-state index is -1.79. The van der Waals surface area contributed by atoms with Crippen LogP contribution in [-0.4, -0.2) is 140 Å². The summed E-state index contributed by atoms with van der Waals surface area (Å²) in [6.07, 6.45) is 24.1. The third-order valence-electron chi connectivity index (χ3n) is 12.6.